The first-order chi connectivity index (χ1) is 10.1. The third-order valence-corrected chi connectivity index (χ3v) is 2.85. The van der Waals surface area contributed by atoms with Crippen LogP contribution in [0.1, 0.15) is 38.1 Å². The third kappa shape index (κ3) is 5.79. The van der Waals surface area contributed by atoms with E-state index < -0.39 is 11.0 Å². The van der Waals surface area contributed by atoms with Gasteiger partial charge in [0.1, 0.15) is 18.5 Å². The van der Waals surface area contributed by atoms with Gasteiger partial charge in [-0.05, 0) is 33.8 Å². The molecule has 0 radical (unpaired) electrons. The molecular formula is C15H22N2O5. The van der Waals surface area contributed by atoms with Crippen LogP contribution in [0, 0.1) is 10.1 Å². The van der Waals surface area contributed by atoms with Gasteiger partial charge >= 0.3 is 0 Å². The highest BCUT2D eigenvalue weighted by Crippen LogP contribution is 2.24. The van der Waals surface area contributed by atoms with Crippen LogP contribution in [0.15, 0.2) is 18.2 Å². The summed E-state index contributed by atoms with van der Waals surface area (Å²) < 4.78 is 5.43. The zero-order valence-electron chi connectivity index (χ0n) is 13.3. The highest BCUT2D eigenvalue weighted by molar-refractivity contribution is 5.97. The molecule has 1 atom stereocenters. The largest absolute Gasteiger partial charge is 0.490 e. The van der Waals surface area contributed by atoms with E-state index in [-0.39, 0.29) is 34.9 Å². The average molecular weight is 310 g/mol. The Morgan fingerprint density at radius 2 is 2.09 bits per heavy atom. The summed E-state index contributed by atoms with van der Waals surface area (Å²) in [6.45, 7) is 7.57. The SMILES string of the molecule is CC(=O)c1cc([N+](=O)[O-])ccc1OC[C@@H](O)CNC(C)(C)C. The molecule has 7 heteroatoms. The van der Waals surface area contributed by atoms with E-state index in [1.54, 1.807) is 0 Å². The van der Waals surface area contributed by atoms with E-state index in [1.807, 2.05) is 20.8 Å². The Morgan fingerprint density at radius 3 is 2.59 bits per heavy atom. The molecule has 2 N–H and O–H groups in total. The number of carbonyl (C=O) groups is 1. The molecular weight excluding hydrogens is 288 g/mol. The number of Topliss-reactive ketones (excluding diaryl/α,β-unsaturated/α-hetero) is 1. The van der Waals surface area contributed by atoms with E-state index in [0.717, 1.165) is 0 Å². The normalized spacial score (nSPS) is 12.8. The Kier molecular flexibility index (Phi) is 6.01. The van der Waals surface area contributed by atoms with Gasteiger partial charge in [-0.15, -0.1) is 0 Å². The van der Waals surface area contributed by atoms with Gasteiger partial charge in [-0.3, -0.25) is 14.9 Å². The fourth-order valence-electron chi connectivity index (χ4n) is 1.70. The first kappa shape index (κ1) is 18.1. The van der Waals surface area contributed by atoms with Crippen molar-refractivity contribution in [2.45, 2.75) is 39.3 Å². The molecule has 122 valence electrons. The Morgan fingerprint density at radius 1 is 1.45 bits per heavy atom. The van der Waals surface area contributed by atoms with Gasteiger partial charge < -0.3 is 15.2 Å². The van der Waals surface area contributed by atoms with Crippen LogP contribution in [0.5, 0.6) is 5.75 Å². The topological polar surface area (TPSA) is 102 Å². The van der Waals surface area contributed by atoms with E-state index in [1.165, 1.54) is 25.1 Å². The number of non-ortho nitro benzene ring substituents is 1. The molecule has 0 saturated carbocycles. The molecule has 0 unspecified atom stereocenters. The van der Waals surface area contributed by atoms with Crippen molar-refractivity contribution in [2.24, 2.45) is 0 Å². The lowest BCUT2D eigenvalue weighted by molar-refractivity contribution is -0.384. The third-order valence-electron chi connectivity index (χ3n) is 2.85. The molecule has 0 spiro atoms. The molecule has 0 saturated heterocycles. The maximum absolute atomic E-state index is 11.6. The molecule has 0 bridgehead atoms. The van der Waals surface area contributed by atoms with E-state index in [4.69, 9.17) is 4.74 Å². The monoisotopic (exact) mass is 310 g/mol. The second kappa shape index (κ2) is 7.33. The van der Waals surface area contributed by atoms with Crippen molar-refractivity contribution in [3.8, 4) is 5.75 Å². The van der Waals surface area contributed by atoms with E-state index in [0.29, 0.717) is 6.54 Å². The van der Waals surface area contributed by atoms with Crippen molar-refractivity contribution in [1.82, 2.24) is 5.32 Å². The summed E-state index contributed by atoms with van der Waals surface area (Å²) in [6, 6.07) is 3.82. The number of nitrogens with one attached hydrogen (secondary N) is 1. The van der Waals surface area contributed by atoms with Crippen molar-refractivity contribution in [2.75, 3.05) is 13.2 Å². The van der Waals surface area contributed by atoms with Gasteiger partial charge in [-0.2, -0.15) is 0 Å². The Balaban J connectivity index is 2.73. The second-order valence-corrected chi connectivity index (χ2v) is 6.09. The molecule has 1 aromatic carbocycles. The molecule has 0 aliphatic rings. The van der Waals surface area contributed by atoms with E-state index in [2.05, 4.69) is 5.32 Å². The quantitative estimate of drug-likeness (QED) is 0.453. The van der Waals surface area contributed by atoms with Crippen LogP contribution in [-0.4, -0.2) is 40.6 Å². The molecule has 0 fully saturated rings. The van der Waals surface area contributed by atoms with Crippen LogP contribution < -0.4 is 10.1 Å². The van der Waals surface area contributed by atoms with Gasteiger partial charge in [0, 0.05) is 24.2 Å². The molecule has 22 heavy (non-hydrogen) atoms. The molecule has 0 aliphatic carbocycles. The van der Waals surface area contributed by atoms with Crippen molar-refractivity contribution >= 4 is 11.5 Å². The Labute approximate surface area is 129 Å². The van der Waals surface area contributed by atoms with Crippen LogP contribution >= 0.6 is 0 Å². The number of hydrogen-bond acceptors (Lipinski definition) is 6. The van der Waals surface area contributed by atoms with Crippen LogP contribution in [0.2, 0.25) is 0 Å². The summed E-state index contributed by atoms with van der Waals surface area (Å²) >= 11 is 0. The van der Waals surface area contributed by atoms with Crippen molar-refractivity contribution < 1.29 is 19.6 Å². The summed E-state index contributed by atoms with van der Waals surface area (Å²) in [5, 5.41) is 23.7. The van der Waals surface area contributed by atoms with Gasteiger partial charge in [0.2, 0.25) is 0 Å². The maximum atomic E-state index is 11.6. The second-order valence-electron chi connectivity index (χ2n) is 6.09. The van der Waals surface area contributed by atoms with Gasteiger partial charge in [-0.1, -0.05) is 0 Å². The first-order valence-corrected chi connectivity index (χ1v) is 6.95. The number of nitro groups is 1. The lowest BCUT2D eigenvalue weighted by atomic mass is 10.1. The number of rotatable bonds is 7. The fourth-order valence-corrected chi connectivity index (χ4v) is 1.70. The number of benzene rings is 1. The number of carbonyl (C=O) groups excluding carboxylic acids is 1. The fraction of sp³-hybridized carbons (Fsp3) is 0.533. The number of nitro benzene ring substituents is 1. The van der Waals surface area contributed by atoms with Crippen molar-refractivity contribution in [1.29, 1.82) is 0 Å². The molecule has 0 heterocycles. The van der Waals surface area contributed by atoms with Crippen LogP contribution in [-0.2, 0) is 0 Å². The predicted octanol–water partition coefficient (Wildman–Crippen LogP) is 1.93. The lowest BCUT2D eigenvalue weighted by Gasteiger charge is -2.23. The number of hydrogen-bond donors (Lipinski definition) is 2. The van der Waals surface area contributed by atoms with Crippen molar-refractivity contribution in [3.05, 3.63) is 33.9 Å². The first-order valence-electron chi connectivity index (χ1n) is 6.95. The number of aliphatic hydroxyl groups excluding tert-OH is 1. The average Bonchev–Trinajstić information content (AvgIpc) is 2.41. The predicted molar refractivity (Wildman–Crippen MR) is 82.4 cm³/mol. The Bertz CT molecular complexity index is 551. The standard InChI is InChI=1S/C15H22N2O5/c1-10(18)13-7-11(17(20)21)5-6-14(13)22-9-12(19)8-16-15(2,3)4/h5-7,12,16,19H,8-9H2,1-4H3/t12-/m0/s1. The summed E-state index contributed by atoms with van der Waals surface area (Å²) in [5.74, 6) is -0.103. The van der Waals surface area contributed by atoms with Gasteiger partial charge in [-0.25, -0.2) is 0 Å². The Hall–Kier alpha value is -1.99. The summed E-state index contributed by atoms with van der Waals surface area (Å²) in [7, 11) is 0. The van der Waals surface area contributed by atoms with Crippen LogP contribution in [0.3, 0.4) is 0 Å². The molecule has 0 aromatic heterocycles. The molecule has 1 rings (SSSR count). The van der Waals surface area contributed by atoms with Gasteiger partial charge in [0.15, 0.2) is 5.78 Å². The number of ketones is 1. The summed E-state index contributed by atoms with van der Waals surface area (Å²) in [6.07, 6.45) is -0.755. The minimum Gasteiger partial charge on any atom is -0.490 e. The lowest BCUT2D eigenvalue weighted by Crippen LogP contribution is -2.42. The van der Waals surface area contributed by atoms with E-state index >= 15 is 0 Å². The number of aliphatic hydroxyl groups is 1. The van der Waals surface area contributed by atoms with Crippen molar-refractivity contribution in [3.63, 3.8) is 0 Å². The van der Waals surface area contributed by atoms with E-state index in [9.17, 15) is 20.0 Å². The number of nitrogens with zero attached hydrogens (tertiary/aromatic N) is 1. The summed E-state index contributed by atoms with van der Waals surface area (Å²) in [4.78, 5) is 21.7. The smallest absolute Gasteiger partial charge is 0.270 e. The van der Waals surface area contributed by atoms with Gasteiger partial charge in [0.05, 0.1) is 10.5 Å². The maximum Gasteiger partial charge on any atom is 0.270 e. The minimum absolute atomic E-state index is 0.0127. The van der Waals surface area contributed by atoms with Crippen LogP contribution in [0.4, 0.5) is 5.69 Å². The zero-order valence-corrected chi connectivity index (χ0v) is 13.3. The molecule has 7 nitrogen and oxygen atoms in total. The molecule has 0 aliphatic heterocycles. The number of ether oxygens (including phenoxy) is 1. The minimum atomic E-state index is -0.755. The van der Waals surface area contributed by atoms with Gasteiger partial charge in [0.25, 0.3) is 5.69 Å². The molecule has 0 amide bonds. The van der Waals surface area contributed by atoms with Crippen LogP contribution in [0.25, 0.3) is 0 Å². The summed E-state index contributed by atoms with van der Waals surface area (Å²) in [5.41, 5.74) is -0.170. The molecule has 1 aromatic rings. The highest BCUT2D eigenvalue weighted by atomic mass is 16.6. The number of β-amino-alcohol motifs (C(OH)–C–C–N with tert-alkyl or cyclic N) is 1. The zero-order chi connectivity index (χ0) is 16.9. The highest BCUT2D eigenvalue weighted by Gasteiger charge is 2.17.